The van der Waals surface area contributed by atoms with Crippen LogP contribution in [-0.2, 0) is 0 Å². The van der Waals surface area contributed by atoms with Crippen molar-refractivity contribution in [3.63, 3.8) is 0 Å². The highest BCUT2D eigenvalue weighted by atomic mass is 79.9. The fraction of sp³-hybridized carbons (Fsp3) is 0. The van der Waals surface area contributed by atoms with Crippen molar-refractivity contribution in [1.29, 1.82) is 0 Å². The maximum Gasteiger partial charge on any atom is 0.0726 e. The van der Waals surface area contributed by atoms with Gasteiger partial charge in [0.2, 0.25) is 0 Å². The summed E-state index contributed by atoms with van der Waals surface area (Å²) in [4.78, 5) is 9.56. The van der Waals surface area contributed by atoms with E-state index in [4.69, 9.17) is 4.98 Å². The monoisotopic (exact) mass is 462 g/mol. The number of fused-ring (bicyclic) bond motifs is 3. The molecule has 0 spiro atoms. The summed E-state index contributed by atoms with van der Waals surface area (Å²) in [6.07, 6.45) is 1.83. The van der Waals surface area contributed by atoms with Crippen molar-refractivity contribution < 1.29 is 0 Å². The molecular weight excluding hydrogens is 452 g/mol. The molecule has 3 aromatic carbocycles. The number of pyridine rings is 2. The van der Waals surface area contributed by atoms with Crippen molar-refractivity contribution in [2.45, 2.75) is 0 Å². The van der Waals surface area contributed by atoms with Gasteiger partial charge in [-0.25, -0.2) is 4.98 Å². The molecule has 0 saturated carbocycles. The Kier molecular flexibility index (Phi) is 3.76. The molecule has 2 heterocycles. The number of aromatic nitrogens is 2. The predicted octanol–water partition coefficient (Wildman–Crippen LogP) is 7.13. The van der Waals surface area contributed by atoms with E-state index in [-0.39, 0.29) is 0 Å². The number of hydrogen-bond acceptors (Lipinski definition) is 2. The van der Waals surface area contributed by atoms with Crippen molar-refractivity contribution >= 4 is 64.4 Å². The predicted molar refractivity (Wildman–Crippen MR) is 115 cm³/mol. The largest absolute Gasteiger partial charge is 0.256 e. The molecule has 0 radical (unpaired) electrons. The number of halogens is 2. The summed E-state index contributed by atoms with van der Waals surface area (Å²) >= 11 is 7.18. The molecule has 0 atom stereocenters. The van der Waals surface area contributed by atoms with Crippen LogP contribution in [-0.4, -0.2) is 9.97 Å². The Morgan fingerprint density at radius 2 is 1.38 bits per heavy atom. The first kappa shape index (κ1) is 15.9. The van der Waals surface area contributed by atoms with Gasteiger partial charge in [0.15, 0.2) is 0 Å². The maximum absolute atomic E-state index is 4.92. The Labute approximate surface area is 167 Å². The summed E-state index contributed by atoms with van der Waals surface area (Å²) in [5.74, 6) is 0. The van der Waals surface area contributed by atoms with Crippen LogP contribution in [0.2, 0.25) is 0 Å². The molecule has 0 unspecified atom stereocenters. The Bertz CT molecular complexity index is 1310. The van der Waals surface area contributed by atoms with E-state index in [0.717, 1.165) is 42.0 Å². The first-order valence-corrected chi connectivity index (χ1v) is 9.81. The molecule has 4 heteroatoms. The molecule has 0 aliphatic heterocycles. The summed E-state index contributed by atoms with van der Waals surface area (Å²) in [6, 6.07) is 23.0. The van der Waals surface area contributed by atoms with E-state index in [9.17, 15) is 0 Å². The first-order valence-electron chi connectivity index (χ1n) is 8.23. The second-order valence-corrected chi connectivity index (χ2v) is 8.06. The topological polar surface area (TPSA) is 25.8 Å². The lowest BCUT2D eigenvalue weighted by atomic mass is 9.97. The number of hydrogen-bond donors (Lipinski definition) is 0. The summed E-state index contributed by atoms with van der Waals surface area (Å²) in [7, 11) is 0. The van der Waals surface area contributed by atoms with Gasteiger partial charge < -0.3 is 0 Å². The van der Waals surface area contributed by atoms with Gasteiger partial charge in [-0.3, -0.25) is 4.98 Å². The quantitative estimate of drug-likeness (QED) is 0.247. The summed E-state index contributed by atoms with van der Waals surface area (Å²) in [6.45, 7) is 0. The Morgan fingerprint density at radius 3 is 2.19 bits per heavy atom. The lowest BCUT2D eigenvalue weighted by Gasteiger charge is -2.12. The zero-order valence-corrected chi connectivity index (χ0v) is 16.8. The molecule has 2 nitrogen and oxygen atoms in total. The average molecular weight is 464 g/mol. The SMILES string of the molecule is Brc1ccnc(-c2c3cc(Br)ccc3nc3cc4ccccc4cc23)c1. The molecule has 0 amide bonds. The molecular formula is C22H12Br2N2. The molecule has 0 N–H and O–H groups in total. The molecule has 2 aromatic heterocycles. The van der Waals surface area contributed by atoms with Gasteiger partial charge in [-0.15, -0.1) is 0 Å². The van der Waals surface area contributed by atoms with Crippen molar-refractivity contribution in [2.75, 3.05) is 0 Å². The van der Waals surface area contributed by atoms with Crippen LogP contribution in [0.4, 0.5) is 0 Å². The lowest BCUT2D eigenvalue weighted by Crippen LogP contribution is -1.92. The minimum Gasteiger partial charge on any atom is -0.256 e. The number of nitrogens with zero attached hydrogens (tertiary/aromatic N) is 2. The van der Waals surface area contributed by atoms with Crippen LogP contribution < -0.4 is 0 Å². The third-order valence-electron chi connectivity index (χ3n) is 4.58. The Balaban J connectivity index is 2.02. The zero-order chi connectivity index (χ0) is 17.7. The van der Waals surface area contributed by atoms with E-state index in [2.05, 4.69) is 91.4 Å². The van der Waals surface area contributed by atoms with E-state index in [1.807, 2.05) is 18.3 Å². The van der Waals surface area contributed by atoms with Crippen molar-refractivity contribution in [2.24, 2.45) is 0 Å². The van der Waals surface area contributed by atoms with Crippen LogP contribution in [0.5, 0.6) is 0 Å². The maximum atomic E-state index is 4.92. The summed E-state index contributed by atoms with van der Waals surface area (Å²) < 4.78 is 2.04. The Morgan fingerprint density at radius 1 is 0.654 bits per heavy atom. The third-order valence-corrected chi connectivity index (χ3v) is 5.57. The molecule has 0 aliphatic rings. The van der Waals surface area contributed by atoms with Gasteiger partial charge in [-0.2, -0.15) is 0 Å². The average Bonchev–Trinajstić information content (AvgIpc) is 2.64. The van der Waals surface area contributed by atoms with Crippen LogP contribution in [0.15, 0.2) is 81.9 Å². The molecule has 0 aliphatic carbocycles. The van der Waals surface area contributed by atoms with Gasteiger partial charge >= 0.3 is 0 Å². The van der Waals surface area contributed by atoms with Crippen molar-refractivity contribution in [3.8, 4) is 11.3 Å². The molecule has 0 bridgehead atoms. The number of rotatable bonds is 1. The second-order valence-electron chi connectivity index (χ2n) is 6.22. The van der Waals surface area contributed by atoms with Gasteiger partial charge in [0.1, 0.15) is 0 Å². The smallest absolute Gasteiger partial charge is 0.0726 e. The van der Waals surface area contributed by atoms with Crippen LogP contribution in [0, 0.1) is 0 Å². The van der Waals surface area contributed by atoms with Crippen LogP contribution >= 0.6 is 31.9 Å². The van der Waals surface area contributed by atoms with E-state index in [1.165, 1.54) is 10.8 Å². The van der Waals surface area contributed by atoms with Gasteiger partial charge in [0, 0.05) is 31.5 Å². The van der Waals surface area contributed by atoms with Crippen LogP contribution in [0.1, 0.15) is 0 Å². The van der Waals surface area contributed by atoms with E-state index in [1.54, 1.807) is 0 Å². The molecule has 5 aromatic rings. The van der Waals surface area contributed by atoms with E-state index < -0.39 is 0 Å². The van der Waals surface area contributed by atoms with Crippen LogP contribution in [0.3, 0.4) is 0 Å². The minimum atomic E-state index is 0.935. The minimum absolute atomic E-state index is 0.935. The fourth-order valence-electron chi connectivity index (χ4n) is 3.42. The molecule has 0 saturated heterocycles. The molecule has 124 valence electrons. The third kappa shape index (κ3) is 2.61. The first-order chi connectivity index (χ1) is 12.7. The summed E-state index contributed by atoms with van der Waals surface area (Å²) in [5.41, 5.74) is 3.99. The number of benzene rings is 3. The van der Waals surface area contributed by atoms with E-state index in [0.29, 0.717) is 0 Å². The Hall–Kier alpha value is -2.30. The molecule has 5 rings (SSSR count). The lowest BCUT2D eigenvalue weighted by molar-refractivity contribution is 1.32. The standard InChI is InChI=1S/C22H12Br2N2/c23-15-5-6-19-18(11-15)22(21-12-16(24)7-8-25-21)17-9-13-3-1-2-4-14(13)10-20(17)26-19/h1-12H. The summed E-state index contributed by atoms with van der Waals surface area (Å²) in [5, 5.41) is 4.59. The zero-order valence-electron chi connectivity index (χ0n) is 13.6. The highest BCUT2D eigenvalue weighted by molar-refractivity contribution is 9.10. The van der Waals surface area contributed by atoms with Crippen molar-refractivity contribution in [3.05, 3.63) is 81.9 Å². The molecule has 26 heavy (non-hydrogen) atoms. The highest BCUT2D eigenvalue weighted by Crippen LogP contribution is 2.37. The van der Waals surface area contributed by atoms with Gasteiger partial charge in [-0.1, -0.05) is 56.1 Å². The highest BCUT2D eigenvalue weighted by Gasteiger charge is 2.14. The fourth-order valence-corrected chi connectivity index (χ4v) is 4.12. The normalized spacial score (nSPS) is 11.5. The van der Waals surface area contributed by atoms with Gasteiger partial charge in [-0.05, 0) is 53.2 Å². The van der Waals surface area contributed by atoms with E-state index >= 15 is 0 Å². The second kappa shape index (κ2) is 6.15. The van der Waals surface area contributed by atoms with Crippen molar-refractivity contribution in [1.82, 2.24) is 9.97 Å². The van der Waals surface area contributed by atoms with Crippen LogP contribution in [0.25, 0.3) is 43.8 Å². The molecule has 0 fully saturated rings. The van der Waals surface area contributed by atoms with Gasteiger partial charge in [0.05, 0.1) is 16.7 Å². The van der Waals surface area contributed by atoms with Gasteiger partial charge in [0.25, 0.3) is 0 Å².